The molecule has 0 bridgehead atoms. The number of methoxy groups -OCH3 is 1. The summed E-state index contributed by atoms with van der Waals surface area (Å²) in [5.41, 5.74) is 2.61. The molecule has 1 fully saturated rings. The summed E-state index contributed by atoms with van der Waals surface area (Å²) in [6, 6.07) is 9.41. The largest absolute Gasteiger partial charge is 0.487 e. The molecule has 1 aliphatic heterocycles. The van der Waals surface area contributed by atoms with Crippen LogP contribution in [0, 0.1) is 6.92 Å². The van der Waals surface area contributed by atoms with Crippen LogP contribution in [0.4, 0.5) is 0 Å². The molecule has 0 saturated carbocycles. The van der Waals surface area contributed by atoms with Crippen molar-refractivity contribution in [2.45, 2.75) is 30.9 Å². The highest BCUT2D eigenvalue weighted by molar-refractivity contribution is 7.89. The van der Waals surface area contributed by atoms with Crippen LogP contribution in [0.1, 0.15) is 17.7 Å². The lowest BCUT2D eigenvalue weighted by Gasteiger charge is -2.37. The normalized spacial score (nSPS) is 15.9. The van der Waals surface area contributed by atoms with Gasteiger partial charge in [-0.1, -0.05) is 35.3 Å². The lowest BCUT2D eigenvalue weighted by molar-refractivity contribution is -0.148. The fourth-order valence-electron chi connectivity index (χ4n) is 4.27. The van der Waals surface area contributed by atoms with Gasteiger partial charge in [0.25, 0.3) is 0 Å². The number of nitrogens with zero attached hydrogens (tertiary/aromatic N) is 4. The lowest BCUT2D eigenvalue weighted by Crippen LogP contribution is -2.55. The molecule has 0 aliphatic carbocycles. The van der Waals surface area contributed by atoms with Gasteiger partial charge in [0.05, 0.1) is 24.1 Å². The van der Waals surface area contributed by atoms with E-state index in [1.807, 2.05) is 35.9 Å². The van der Waals surface area contributed by atoms with Gasteiger partial charge in [0.1, 0.15) is 28.8 Å². The summed E-state index contributed by atoms with van der Waals surface area (Å²) in [4.78, 5) is 20.6. The van der Waals surface area contributed by atoms with E-state index in [1.54, 1.807) is 18.6 Å². The summed E-state index contributed by atoms with van der Waals surface area (Å²) >= 11 is 13.0. The Morgan fingerprint density at radius 1 is 1.22 bits per heavy atom. The number of esters is 1. The second-order valence-electron chi connectivity index (χ2n) is 8.48. The van der Waals surface area contributed by atoms with Crippen LogP contribution in [0.25, 0.3) is 16.6 Å². The van der Waals surface area contributed by atoms with Gasteiger partial charge in [-0.15, -0.1) is 0 Å². The molecule has 2 aromatic heterocycles. The lowest BCUT2D eigenvalue weighted by atomic mass is 10.1. The summed E-state index contributed by atoms with van der Waals surface area (Å²) in [6.45, 7) is 1.97. The van der Waals surface area contributed by atoms with E-state index >= 15 is 0 Å². The Morgan fingerprint density at radius 2 is 2.03 bits per heavy atom. The number of carbonyl (C=O) groups excluding carboxylic acids is 1. The van der Waals surface area contributed by atoms with Crippen molar-refractivity contribution in [1.82, 2.24) is 18.8 Å². The zero-order valence-corrected chi connectivity index (χ0v) is 22.2. The monoisotopic (exact) mass is 560 g/mol. The molecule has 1 saturated heterocycles. The number of ether oxygens (including phenoxy) is 2. The van der Waals surface area contributed by atoms with E-state index in [0.29, 0.717) is 23.3 Å². The van der Waals surface area contributed by atoms with Gasteiger partial charge >= 0.3 is 5.97 Å². The molecule has 9 nitrogen and oxygen atoms in total. The zero-order chi connectivity index (χ0) is 26.3. The maximum Gasteiger partial charge on any atom is 0.324 e. The molecule has 3 heterocycles. The number of rotatable bonds is 7. The number of imidazole rings is 1. The summed E-state index contributed by atoms with van der Waals surface area (Å²) in [6.07, 6.45) is 5.62. The number of aromatic nitrogens is 3. The summed E-state index contributed by atoms with van der Waals surface area (Å²) in [7, 11) is -2.84. The predicted octanol–water partition coefficient (Wildman–Crippen LogP) is 4.55. The van der Waals surface area contributed by atoms with E-state index in [1.165, 1.54) is 19.2 Å². The van der Waals surface area contributed by atoms with Crippen molar-refractivity contribution in [3.05, 3.63) is 76.4 Å². The Labute approximate surface area is 223 Å². The average molecular weight is 561 g/mol. The molecule has 1 aliphatic rings. The molecule has 0 amide bonds. The van der Waals surface area contributed by atoms with Crippen LogP contribution in [-0.4, -0.2) is 52.9 Å². The summed E-state index contributed by atoms with van der Waals surface area (Å²) in [5, 5.41) is 1.04. The van der Waals surface area contributed by atoms with E-state index in [9.17, 15) is 13.2 Å². The second-order valence-corrected chi connectivity index (χ2v) is 11.1. The standard InChI is InChI=1S/C25H22Cl2N4O5S/c1-15-12-20(30-11-9-28-14-30)16-4-3-5-21(24(16)29-15)36-13-17-18(26)6-7-22(23(17)27)37(33,34)31-10-8-19(31)25(32)35-2/h3-7,9,11-12,14,19H,8,10,13H2,1-2H3/t19-/m0/s1. The number of fused-ring (bicyclic) bond motifs is 1. The molecule has 0 radical (unpaired) electrons. The number of aryl methyl sites for hydroxylation is 1. The molecule has 192 valence electrons. The highest BCUT2D eigenvalue weighted by Crippen LogP contribution is 2.37. The van der Waals surface area contributed by atoms with E-state index in [-0.39, 0.29) is 28.1 Å². The van der Waals surface area contributed by atoms with Crippen LogP contribution in [0.2, 0.25) is 10.0 Å². The van der Waals surface area contributed by atoms with Crippen LogP contribution in [0.15, 0.2) is 60.0 Å². The van der Waals surface area contributed by atoms with Crippen molar-refractivity contribution in [2.75, 3.05) is 13.7 Å². The number of carbonyl (C=O) groups is 1. The highest BCUT2D eigenvalue weighted by Gasteiger charge is 2.44. The van der Waals surface area contributed by atoms with E-state index < -0.39 is 22.0 Å². The fraction of sp³-hybridized carbons (Fsp3) is 0.240. The van der Waals surface area contributed by atoms with E-state index in [2.05, 4.69) is 9.97 Å². The smallest absolute Gasteiger partial charge is 0.324 e. The molecule has 0 unspecified atom stereocenters. The van der Waals surface area contributed by atoms with Crippen molar-refractivity contribution in [2.24, 2.45) is 0 Å². The minimum absolute atomic E-state index is 0.0634. The Kier molecular flexibility index (Phi) is 6.84. The average Bonchev–Trinajstić information content (AvgIpc) is 3.37. The number of hydrogen-bond acceptors (Lipinski definition) is 7. The van der Waals surface area contributed by atoms with Crippen LogP contribution in [-0.2, 0) is 26.2 Å². The number of benzene rings is 2. The van der Waals surface area contributed by atoms with Gasteiger partial charge in [0.15, 0.2) is 0 Å². The Morgan fingerprint density at radius 3 is 2.70 bits per heavy atom. The molecular weight excluding hydrogens is 539 g/mol. The number of halogens is 2. The van der Waals surface area contributed by atoms with Crippen molar-refractivity contribution >= 4 is 50.1 Å². The number of sulfonamides is 1. The van der Waals surface area contributed by atoms with Gasteiger partial charge in [-0.3, -0.25) is 4.79 Å². The van der Waals surface area contributed by atoms with Crippen molar-refractivity contribution in [3.63, 3.8) is 0 Å². The third-order valence-corrected chi connectivity index (χ3v) is 9.09. The second kappa shape index (κ2) is 9.94. The first-order valence-electron chi connectivity index (χ1n) is 11.3. The SMILES string of the molecule is COC(=O)[C@@H]1CCN1S(=O)(=O)c1ccc(Cl)c(COc2cccc3c(-n4ccnc4)cc(C)nc23)c1Cl. The molecule has 37 heavy (non-hydrogen) atoms. The van der Waals surface area contributed by atoms with E-state index in [4.69, 9.17) is 32.7 Å². The van der Waals surface area contributed by atoms with Gasteiger partial charge in [0.2, 0.25) is 10.0 Å². The van der Waals surface area contributed by atoms with Gasteiger partial charge in [-0.05, 0) is 37.6 Å². The van der Waals surface area contributed by atoms with E-state index in [0.717, 1.165) is 21.1 Å². The predicted molar refractivity (Wildman–Crippen MR) is 139 cm³/mol. The molecule has 1 atom stereocenters. The molecule has 4 aromatic rings. The number of para-hydroxylation sites is 1. The Balaban J connectivity index is 1.48. The van der Waals surface area contributed by atoms with Crippen molar-refractivity contribution < 1.29 is 22.7 Å². The van der Waals surface area contributed by atoms with Crippen LogP contribution in [0.5, 0.6) is 5.75 Å². The minimum atomic E-state index is -4.07. The maximum atomic E-state index is 13.3. The third-order valence-electron chi connectivity index (χ3n) is 6.24. The minimum Gasteiger partial charge on any atom is -0.487 e. The first-order valence-corrected chi connectivity index (χ1v) is 13.5. The van der Waals surface area contributed by atoms with Gasteiger partial charge in [-0.2, -0.15) is 4.31 Å². The van der Waals surface area contributed by atoms with Crippen LogP contribution in [0.3, 0.4) is 0 Å². The maximum absolute atomic E-state index is 13.3. The molecule has 0 N–H and O–H groups in total. The van der Waals surface area contributed by atoms with Gasteiger partial charge in [0, 0.05) is 40.6 Å². The fourth-order valence-corrected chi connectivity index (χ4v) is 6.75. The first kappa shape index (κ1) is 25.5. The number of hydrogen-bond donors (Lipinski definition) is 0. The van der Waals surface area contributed by atoms with Crippen LogP contribution < -0.4 is 4.74 Å². The zero-order valence-electron chi connectivity index (χ0n) is 19.9. The molecule has 5 rings (SSSR count). The third kappa shape index (κ3) is 4.54. The molecule has 12 heteroatoms. The molecular formula is C25H22Cl2N4O5S. The first-order chi connectivity index (χ1) is 17.7. The quantitative estimate of drug-likeness (QED) is 0.305. The molecule has 2 aromatic carbocycles. The van der Waals surface area contributed by atoms with Gasteiger partial charge < -0.3 is 14.0 Å². The topological polar surface area (TPSA) is 104 Å². The summed E-state index contributed by atoms with van der Waals surface area (Å²) in [5.74, 6) is -0.131. The van der Waals surface area contributed by atoms with Crippen molar-refractivity contribution in [3.8, 4) is 11.4 Å². The Hall–Kier alpha value is -3.18. The highest BCUT2D eigenvalue weighted by atomic mass is 35.5. The Bertz CT molecular complexity index is 1610. The van der Waals surface area contributed by atoms with Gasteiger partial charge in [-0.25, -0.2) is 18.4 Å². The molecule has 0 spiro atoms. The van der Waals surface area contributed by atoms with Crippen LogP contribution >= 0.6 is 23.2 Å². The summed E-state index contributed by atoms with van der Waals surface area (Å²) < 4.78 is 40.4. The van der Waals surface area contributed by atoms with Crippen molar-refractivity contribution in [1.29, 1.82) is 0 Å². The number of pyridine rings is 1.